The summed E-state index contributed by atoms with van der Waals surface area (Å²) in [5.74, 6) is -1.64. The van der Waals surface area contributed by atoms with Crippen LogP contribution in [0.1, 0.15) is 0 Å². The maximum atomic E-state index is 12.8. The maximum Gasteiger partial charge on any atom is 0.387 e. The van der Waals surface area contributed by atoms with E-state index < -0.39 is 32.1 Å². The molecule has 8 heteroatoms. The van der Waals surface area contributed by atoms with Crippen LogP contribution in [0.25, 0.3) is 0 Å². The van der Waals surface area contributed by atoms with Crippen LogP contribution in [-0.2, 0) is 9.05 Å². The van der Waals surface area contributed by atoms with Crippen LogP contribution in [0.4, 0.5) is 13.2 Å². The van der Waals surface area contributed by atoms with Crippen molar-refractivity contribution in [2.24, 2.45) is 0 Å². The molecule has 1 aromatic rings. The van der Waals surface area contributed by atoms with E-state index in [2.05, 4.69) is 4.74 Å². The molecule has 0 aliphatic carbocycles. The molecule has 0 aliphatic rings. The van der Waals surface area contributed by atoms with Crippen molar-refractivity contribution in [1.82, 2.24) is 0 Å². The van der Waals surface area contributed by atoms with Crippen LogP contribution in [0.15, 0.2) is 23.1 Å². The van der Waals surface area contributed by atoms with Crippen LogP contribution in [0.5, 0.6) is 5.75 Å². The van der Waals surface area contributed by atoms with Crippen LogP contribution < -0.4 is 4.74 Å². The minimum atomic E-state index is -4.18. The third kappa shape index (κ3) is 3.60. The van der Waals surface area contributed by atoms with Crippen LogP contribution >= 0.6 is 10.7 Å². The first kappa shape index (κ1) is 12.1. The van der Waals surface area contributed by atoms with Gasteiger partial charge in [-0.15, -0.1) is 0 Å². The van der Waals surface area contributed by atoms with Crippen LogP contribution in [0.3, 0.4) is 0 Å². The van der Waals surface area contributed by atoms with E-state index in [1.165, 1.54) is 0 Å². The minimum absolute atomic E-state index is 0.598. The average molecular weight is 261 g/mol. The SMILES string of the molecule is O=S(=O)(Cl)c1cc(F)cc(OC(F)F)c1. The maximum absolute atomic E-state index is 12.8. The summed E-state index contributed by atoms with van der Waals surface area (Å²) in [7, 11) is 0.725. The molecule has 0 spiro atoms. The normalized spacial score (nSPS) is 11.8. The lowest BCUT2D eigenvalue weighted by atomic mass is 10.3. The fourth-order valence-corrected chi connectivity index (χ4v) is 1.63. The molecule has 0 N–H and O–H groups in total. The van der Waals surface area contributed by atoms with Crippen molar-refractivity contribution in [3.63, 3.8) is 0 Å². The first-order valence-electron chi connectivity index (χ1n) is 3.49. The molecule has 0 unspecified atom stereocenters. The summed E-state index contributed by atoms with van der Waals surface area (Å²) in [4.78, 5) is -0.639. The number of hydrogen-bond donors (Lipinski definition) is 0. The largest absolute Gasteiger partial charge is 0.435 e. The summed E-state index contributed by atoms with van der Waals surface area (Å²) in [6.07, 6.45) is 0. The van der Waals surface area contributed by atoms with Gasteiger partial charge in [-0.25, -0.2) is 12.8 Å². The quantitative estimate of drug-likeness (QED) is 0.784. The van der Waals surface area contributed by atoms with Gasteiger partial charge in [-0.2, -0.15) is 8.78 Å². The Morgan fingerprint density at radius 1 is 1.27 bits per heavy atom. The van der Waals surface area contributed by atoms with Gasteiger partial charge in [0.05, 0.1) is 4.90 Å². The van der Waals surface area contributed by atoms with Gasteiger partial charge in [0.2, 0.25) is 0 Å². The molecule has 0 radical (unpaired) electrons. The summed E-state index contributed by atoms with van der Waals surface area (Å²) in [6.45, 7) is -3.17. The first-order valence-corrected chi connectivity index (χ1v) is 5.80. The lowest BCUT2D eigenvalue weighted by Crippen LogP contribution is -2.03. The van der Waals surface area contributed by atoms with E-state index >= 15 is 0 Å². The Morgan fingerprint density at radius 2 is 1.87 bits per heavy atom. The molecule has 0 amide bonds. The molecule has 0 atom stereocenters. The molecule has 0 saturated carbocycles. The van der Waals surface area contributed by atoms with E-state index in [0.717, 1.165) is 0 Å². The molecule has 0 aliphatic heterocycles. The topological polar surface area (TPSA) is 43.4 Å². The van der Waals surface area contributed by atoms with E-state index in [1.54, 1.807) is 0 Å². The van der Waals surface area contributed by atoms with Gasteiger partial charge in [-0.3, -0.25) is 0 Å². The van der Waals surface area contributed by atoms with Gasteiger partial charge in [-0.1, -0.05) is 0 Å². The van der Waals surface area contributed by atoms with Gasteiger partial charge < -0.3 is 4.74 Å². The van der Waals surface area contributed by atoms with Crippen molar-refractivity contribution in [3.05, 3.63) is 24.0 Å². The molecule has 1 aromatic carbocycles. The number of alkyl halides is 2. The number of halogens is 4. The van der Waals surface area contributed by atoms with Gasteiger partial charge in [0.25, 0.3) is 9.05 Å². The summed E-state index contributed by atoms with van der Waals surface area (Å²) in [6, 6.07) is 1.93. The van der Waals surface area contributed by atoms with Crippen molar-refractivity contribution in [2.75, 3.05) is 0 Å². The highest BCUT2D eigenvalue weighted by Crippen LogP contribution is 2.23. The lowest BCUT2D eigenvalue weighted by Gasteiger charge is -2.05. The second-order valence-electron chi connectivity index (χ2n) is 2.44. The molecule has 0 heterocycles. The highest BCUT2D eigenvalue weighted by atomic mass is 35.7. The Labute approximate surface area is 87.8 Å². The molecule has 0 aromatic heterocycles. The average Bonchev–Trinajstić information content (AvgIpc) is 1.99. The van der Waals surface area contributed by atoms with Gasteiger partial charge in [-0.05, 0) is 6.07 Å². The molecule has 1 rings (SSSR count). The van der Waals surface area contributed by atoms with Gasteiger partial charge in [0, 0.05) is 22.8 Å². The Balaban J connectivity index is 3.17. The molecule has 0 bridgehead atoms. The second kappa shape index (κ2) is 4.28. The number of benzene rings is 1. The number of rotatable bonds is 3. The predicted octanol–water partition coefficient (Wildman–Crippen LogP) is 2.35. The minimum Gasteiger partial charge on any atom is -0.435 e. The standard InChI is InChI=1S/C7H4ClF3O3S/c8-15(12,13)6-2-4(9)1-5(3-6)14-7(10)11/h1-3,7H. The third-order valence-electron chi connectivity index (χ3n) is 1.35. The van der Waals surface area contributed by atoms with Crippen LogP contribution in [-0.4, -0.2) is 15.0 Å². The molecular formula is C7H4ClF3O3S. The molecule has 0 saturated heterocycles. The fraction of sp³-hybridized carbons (Fsp3) is 0.143. The second-order valence-corrected chi connectivity index (χ2v) is 5.00. The van der Waals surface area contributed by atoms with E-state index in [1.807, 2.05) is 0 Å². The zero-order chi connectivity index (χ0) is 11.6. The Hall–Kier alpha value is -0.950. The highest BCUT2D eigenvalue weighted by Gasteiger charge is 2.15. The first-order chi connectivity index (χ1) is 6.79. The Morgan fingerprint density at radius 3 is 2.33 bits per heavy atom. The molecule has 15 heavy (non-hydrogen) atoms. The zero-order valence-electron chi connectivity index (χ0n) is 6.95. The number of hydrogen-bond acceptors (Lipinski definition) is 3. The van der Waals surface area contributed by atoms with Crippen molar-refractivity contribution in [2.45, 2.75) is 11.5 Å². The Bertz CT molecular complexity index is 461. The zero-order valence-corrected chi connectivity index (χ0v) is 8.53. The van der Waals surface area contributed by atoms with Crippen molar-refractivity contribution < 1.29 is 26.3 Å². The Kier molecular flexibility index (Phi) is 3.46. The van der Waals surface area contributed by atoms with E-state index in [-0.39, 0.29) is 0 Å². The summed E-state index contributed by atoms with van der Waals surface area (Å²) in [5, 5.41) is 0. The predicted molar refractivity (Wildman–Crippen MR) is 46.1 cm³/mol. The van der Waals surface area contributed by atoms with Crippen LogP contribution in [0, 0.1) is 5.82 Å². The molecular weight excluding hydrogens is 257 g/mol. The third-order valence-corrected chi connectivity index (χ3v) is 2.68. The monoisotopic (exact) mass is 260 g/mol. The van der Waals surface area contributed by atoms with E-state index in [0.29, 0.717) is 18.2 Å². The molecule has 0 fully saturated rings. The van der Waals surface area contributed by atoms with E-state index in [4.69, 9.17) is 10.7 Å². The van der Waals surface area contributed by atoms with Crippen molar-refractivity contribution in [3.8, 4) is 5.75 Å². The van der Waals surface area contributed by atoms with Gasteiger partial charge in [0.1, 0.15) is 11.6 Å². The molecule has 3 nitrogen and oxygen atoms in total. The smallest absolute Gasteiger partial charge is 0.387 e. The van der Waals surface area contributed by atoms with Crippen LogP contribution in [0.2, 0.25) is 0 Å². The van der Waals surface area contributed by atoms with Crippen molar-refractivity contribution >= 4 is 19.7 Å². The lowest BCUT2D eigenvalue weighted by molar-refractivity contribution is -0.0501. The molecule has 84 valence electrons. The van der Waals surface area contributed by atoms with E-state index in [9.17, 15) is 21.6 Å². The van der Waals surface area contributed by atoms with Crippen molar-refractivity contribution in [1.29, 1.82) is 0 Å². The summed E-state index contributed by atoms with van der Waals surface area (Å²) < 4.78 is 61.7. The van der Waals surface area contributed by atoms with Gasteiger partial charge in [0.15, 0.2) is 0 Å². The summed E-state index contributed by atoms with van der Waals surface area (Å²) in [5.41, 5.74) is 0. The summed E-state index contributed by atoms with van der Waals surface area (Å²) >= 11 is 0. The fourth-order valence-electron chi connectivity index (χ4n) is 0.849. The highest BCUT2D eigenvalue weighted by molar-refractivity contribution is 8.13. The number of ether oxygens (including phenoxy) is 1. The van der Waals surface area contributed by atoms with Gasteiger partial charge >= 0.3 is 6.61 Å².